The molecule has 0 aromatic rings. The summed E-state index contributed by atoms with van der Waals surface area (Å²) in [6, 6.07) is -0.715. The van der Waals surface area contributed by atoms with Gasteiger partial charge in [0.25, 0.3) is 0 Å². The number of likely N-dealkylation sites (N-methyl/N-ethyl adjacent to an activating group) is 1. The van der Waals surface area contributed by atoms with Gasteiger partial charge in [0, 0.05) is 19.3 Å². The topological polar surface area (TPSA) is 102 Å². The Morgan fingerprint density at radius 1 is 0.587 bits per heavy atom. The van der Waals surface area contributed by atoms with Crippen LogP contribution in [0, 0.1) is 0 Å². The molecule has 0 aromatic carbocycles. The predicted molar refractivity (Wildman–Crippen MR) is 185 cm³/mol. The Hall–Kier alpha value is -1.67. The number of aliphatic carboxylic acids is 1. The molecule has 272 valence electrons. The number of quaternary nitrogens is 1. The minimum atomic E-state index is -1.13. The highest BCUT2D eigenvalue weighted by Crippen LogP contribution is 2.16. The van der Waals surface area contributed by atoms with Crippen LogP contribution in [0.25, 0.3) is 0 Å². The SMILES string of the molecule is CCCCCCCCCCCCCCCCCCCCCCCCC(=O)OC(COCCC(C(=O)[O-])[N+](C)(C)C)COC(=O)CC. The van der Waals surface area contributed by atoms with Gasteiger partial charge in [0.1, 0.15) is 12.6 Å². The number of unbranched alkanes of at least 4 members (excludes halogenated alkanes) is 21. The molecule has 0 aliphatic rings. The standard InChI is InChI=1S/C38H73NO7/c1-6-8-9-10-11-12-13-14-15-16-17-18-19-20-21-22-23-24-25-26-27-28-29-37(41)46-34(33-45-36(40)7-2)32-44-31-30-35(38(42)43)39(3,4)5/h34-35H,6-33H2,1-5H3. The number of carbonyl (C=O) groups is 3. The molecule has 0 rings (SSSR count). The van der Waals surface area contributed by atoms with E-state index in [1.165, 1.54) is 122 Å². The van der Waals surface area contributed by atoms with E-state index in [4.69, 9.17) is 14.2 Å². The van der Waals surface area contributed by atoms with Crippen molar-refractivity contribution in [1.82, 2.24) is 0 Å². The first-order valence-electron chi connectivity index (χ1n) is 19.1. The summed E-state index contributed by atoms with van der Waals surface area (Å²) in [7, 11) is 5.37. The van der Waals surface area contributed by atoms with Gasteiger partial charge in [-0.05, 0) is 6.42 Å². The summed E-state index contributed by atoms with van der Waals surface area (Å²) in [6.07, 6.45) is 29.2. The van der Waals surface area contributed by atoms with E-state index in [0.717, 1.165) is 19.3 Å². The number of ether oxygens (including phenoxy) is 3. The molecular weight excluding hydrogens is 582 g/mol. The molecule has 0 saturated carbocycles. The number of rotatable bonds is 34. The van der Waals surface area contributed by atoms with E-state index in [1.54, 1.807) is 28.1 Å². The molecule has 8 nitrogen and oxygen atoms in total. The van der Waals surface area contributed by atoms with Gasteiger partial charge in [-0.2, -0.15) is 0 Å². The van der Waals surface area contributed by atoms with Crippen LogP contribution in [-0.4, -0.2) is 75.5 Å². The minimum Gasteiger partial charge on any atom is -0.544 e. The number of nitrogens with zero attached hydrogens (tertiary/aromatic N) is 1. The van der Waals surface area contributed by atoms with Crippen LogP contribution in [0.1, 0.15) is 174 Å². The molecular formula is C38H73NO7. The van der Waals surface area contributed by atoms with Crippen molar-refractivity contribution >= 4 is 17.9 Å². The van der Waals surface area contributed by atoms with Crippen LogP contribution in [0.15, 0.2) is 0 Å². The van der Waals surface area contributed by atoms with Crippen LogP contribution in [0.5, 0.6) is 0 Å². The van der Waals surface area contributed by atoms with Crippen molar-refractivity contribution in [3.63, 3.8) is 0 Å². The van der Waals surface area contributed by atoms with Gasteiger partial charge in [-0.3, -0.25) is 9.59 Å². The maximum absolute atomic E-state index is 12.4. The van der Waals surface area contributed by atoms with Crippen molar-refractivity contribution in [1.29, 1.82) is 0 Å². The van der Waals surface area contributed by atoms with Crippen LogP contribution >= 0.6 is 0 Å². The summed E-state index contributed by atoms with van der Waals surface area (Å²) in [5, 5.41) is 11.4. The zero-order chi connectivity index (χ0) is 34.3. The Morgan fingerprint density at radius 2 is 1.00 bits per heavy atom. The lowest BCUT2D eigenvalue weighted by molar-refractivity contribution is -0.889. The smallest absolute Gasteiger partial charge is 0.306 e. The predicted octanol–water partition coefficient (Wildman–Crippen LogP) is 8.08. The maximum atomic E-state index is 12.4. The van der Waals surface area contributed by atoms with E-state index in [-0.39, 0.29) is 49.1 Å². The highest BCUT2D eigenvalue weighted by Gasteiger charge is 2.25. The lowest BCUT2D eigenvalue weighted by Crippen LogP contribution is -2.55. The Balaban J connectivity index is 3.80. The second-order valence-electron chi connectivity index (χ2n) is 14.1. The number of hydrogen-bond donors (Lipinski definition) is 0. The fourth-order valence-electron chi connectivity index (χ4n) is 5.76. The van der Waals surface area contributed by atoms with Crippen LogP contribution in [0.3, 0.4) is 0 Å². The first kappa shape index (κ1) is 44.3. The monoisotopic (exact) mass is 656 g/mol. The maximum Gasteiger partial charge on any atom is 0.306 e. The van der Waals surface area contributed by atoms with E-state index >= 15 is 0 Å². The molecule has 46 heavy (non-hydrogen) atoms. The number of carboxylic acids is 1. The van der Waals surface area contributed by atoms with Crippen molar-refractivity contribution in [3.8, 4) is 0 Å². The molecule has 0 bridgehead atoms. The van der Waals surface area contributed by atoms with Gasteiger partial charge in [0.2, 0.25) is 0 Å². The third-order valence-corrected chi connectivity index (χ3v) is 8.80. The van der Waals surface area contributed by atoms with Crippen molar-refractivity contribution in [2.24, 2.45) is 0 Å². The Morgan fingerprint density at radius 3 is 1.37 bits per heavy atom. The van der Waals surface area contributed by atoms with Gasteiger partial charge in [-0.25, -0.2) is 0 Å². The average Bonchev–Trinajstić information content (AvgIpc) is 3.00. The Bertz CT molecular complexity index is 737. The van der Waals surface area contributed by atoms with E-state index in [2.05, 4.69) is 6.92 Å². The van der Waals surface area contributed by atoms with Gasteiger partial charge in [0.15, 0.2) is 6.10 Å². The van der Waals surface area contributed by atoms with E-state index < -0.39 is 18.1 Å². The minimum absolute atomic E-state index is 0.0407. The molecule has 0 saturated heterocycles. The summed E-state index contributed by atoms with van der Waals surface area (Å²) >= 11 is 0. The third-order valence-electron chi connectivity index (χ3n) is 8.80. The summed E-state index contributed by atoms with van der Waals surface area (Å²) < 4.78 is 16.6. The second kappa shape index (κ2) is 30.7. The Kier molecular flexibility index (Phi) is 29.5. The lowest BCUT2D eigenvalue weighted by atomic mass is 10.0. The quantitative estimate of drug-likeness (QED) is 0.0392. The number of esters is 2. The first-order chi connectivity index (χ1) is 22.1. The van der Waals surface area contributed by atoms with Gasteiger partial charge < -0.3 is 28.6 Å². The fourth-order valence-corrected chi connectivity index (χ4v) is 5.76. The second-order valence-corrected chi connectivity index (χ2v) is 14.1. The third kappa shape index (κ3) is 28.5. The van der Waals surface area contributed by atoms with E-state index in [1.807, 2.05) is 0 Å². The van der Waals surface area contributed by atoms with Gasteiger partial charge in [-0.15, -0.1) is 0 Å². The molecule has 0 aliphatic heterocycles. The summed E-state index contributed by atoms with van der Waals surface area (Å²) in [5.74, 6) is -1.83. The molecule has 0 amide bonds. The Labute approximate surface area is 283 Å². The number of hydrogen-bond acceptors (Lipinski definition) is 7. The molecule has 0 aromatic heterocycles. The van der Waals surface area contributed by atoms with Crippen molar-refractivity contribution in [2.75, 3.05) is 41.0 Å². The van der Waals surface area contributed by atoms with Crippen LogP contribution in [-0.2, 0) is 28.6 Å². The van der Waals surface area contributed by atoms with Crippen LogP contribution in [0.2, 0.25) is 0 Å². The molecule has 0 radical (unpaired) electrons. The highest BCUT2D eigenvalue weighted by atomic mass is 16.6. The molecule has 0 spiro atoms. The molecule has 0 aliphatic carbocycles. The fraction of sp³-hybridized carbons (Fsp3) is 0.921. The molecule has 0 N–H and O–H groups in total. The lowest BCUT2D eigenvalue weighted by Gasteiger charge is -2.34. The zero-order valence-corrected chi connectivity index (χ0v) is 30.8. The van der Waals surface area contributed by atoms with E-state index in [0.29, 0.717) is 6.42 Å². The number of carboxylic acid groups (broad SMARTS) is 1. The van der Waals surface area contributed by atoms with Crippen molar-refractivity contribution in [2.45, 2.75) is 187 Å². The molecule has 2 unspecified atom stereocenters. The van der Waals surface area contributed by atoms with Gasteiger partial charge >= 0.3 is 11.9 Å². The summed E-state index contributed by atoms with van der Waals surface area (Å²) in [6.45, 7) is 4.12. The zero-order valence-electron chi connectivity index (χ0n) is 30.8. The van der Waals surface area contributed by atoms with Gasteiger partial charge in [0.05, 0.1) is 40.3 Å². The van der Waals surface area contributed by atoms with Crippen LogP contribution in [0.4, 0.5) is 0 Å². The molecule has 0 heterocycles. The summed E-state index contributed by atoms with van der Waals surface area (Å²) in [5.41, 5.74) is 0. The largest absolute Gasteiger partial charge is 0.544 e. The molecule has 8 heteroatoms. The first-order valence-corrected chi connectivity index (χ1v) is 19.1. The summed E-state index contributed by atoms with van der Waals surface area (Å²) in [4.78, 5) is 35.5. The van der Waals surface area contributed by atoms with Crippen LogP contribution < -0.4 is 5.11 Å². The number of carbonyl (C=O) groups excluding carboxylic acids is 3. The average molecular weight is 656 g/mol. The highest BCUT2D eigenvalue weighted by molar-refractivity contribution is 5.70. The van der Waals surface area contributed by atoms with Crippen molar-refractivity contribution < 1.29 is 38.2 Å². The molecule has 0 fully saturated rings. The van der Waals surface area contributed by atoms with E-state index in [9.17, 15) is 19.5 Å². The normalized spacial score (nSPS) is 13.0. The molecule has 2 atom stereocenters. The van der Waals surface area contributed by atoms with Gasteiger partial charge in [-0.1, -0.05) is 149 Å². The van der Waals surface area contributed by atoms with Crippen molar-refractivity contribution in [3.05, 3.63) is 0 Å².